The molecule has 0 aliphatic carbocycles. The largest absolute Gasteiger partial charge is 0.454 e. The molecule has 2 aliphatic rings. The third-order valence-corrected chi connectivity index (χ3v) is 5.30. The van der Waals surface area contributed by atoms with Crippen molar-refractivity contribution in [1.82, 2.24) is 4.90 Å². The van der Waals surface area contributed by atoms with E-state index < -0.39 is 30.4 Å². The van der Waals surface area contributed by atoms with E-state index in [2.05, 4.69) is 0 Å². The summed E-state index contributed by atoms with van der Waals surface area (Å²) in [6.07, 6.45) is 1.73. The zero-order valence-electron chi connectivity index (χ0n) is 16.0. The molecule has 0 fully saturated rings. The number of carbonyl (C=O) groups is 4. The number of carbonyl (C=O) groups excluding carboxylic acids is 4. The molecule has 3 amide bonds. The summed E-state index contributed by atoms with van der Waals surface area (Å²) in [6, 6.07) is 12.9. The van der Waals surface area contributed by atoms with Crippen molar-refractivity contribution in [3.8, 4) is 0 Å². The molecule has 0 unspecified atom stereocenters. The zero-order valence-corrected chi connectivity index (χ0v) is 16.0. The first-order chi connectivity index (χ1) is 14.0. The highest BCUT2D eigenvalue weighted by molar-refractivity contribution is 6.22. The Hall–Kier alpha value is -3.48. The van der Waals surface area contributed by atoms with Crippen molar-refractivity contribution in [3.05, 3.63) is 65.2 Å². The Morgan fingerprint density at radius 1 is 1.00 bits per heavy atom. The molecule has 4 rings (SSSR count). The molecule has 2 heterocycles. The normalized spacial score (nSPS) is 16.3. The number of hydrogen-bond donors (Lipinski definition) is 0. The number of benzene rings is 2. The van der Waals surface area contributed by atoms with Crippen molar-refractivity contribution in [2.24, 2.45) is 0 Å². The fraction of sp³-hybridized carbons (Fsp3) is 0.273. The number of esters is 1. The van der Waals surface area contributed by atoms with E-state index in [-0.39, 0.29) is 17.0 Å². The van der Waals surface area contributed by atoms with Gasteiger partial charge in [-0.25, -0.2) is 4.79 Å². The van der Waals surface area contributed by atoms with E-state index in [9.17, 15) is 19.2 Å². The average Bonchev–Trinajstić information content (AvgIpc) is 3.01. The predicted octanol–water partition coefficient (Wildman–Crippen LogP) is 2.19. The van der Waals surface area contributed by atoms with Crippen LogP contribution >= 0.6 is 0 Å². The lowest BCUT2D eigenvalue weighted by molar-refractivity contribution is -0.151. The summed E-state index contributed by atoms with van der Waals surface area (Å²) in [4.78, 5) is 52.6. The summed E-state index contributed by atoms with van der Waals surface area (Å²) >= 11 is 0. The quantitative estimate of drug-likeness (QED) is 0.588. The van der Waals surface area contributed by atoms with Crippen molar-refractivity contribution in [2.75, 3.05) is 18.1 Å². The molecule has 7 heteroatoms. The molecule has 0 spiro atoms. The number of ether oxygens (including phenoxy) is 1. The number of fused-ring (bicyclic) bond motifs is 2. The molecule has 1 atom stereocenters. The van der Waals surface area contributed by atoms with Gasteiger partial charge in [0, 0.05) is 12.2 Å². The Morgan fingerprint density at radius 2 is 1.62 bits per heavy atom. The van der Waals surface area contributed by atoms with Crippen LogP contribution in [0.5, 0.6) is 0 Å². The lowest BCUT2D eigenvalue weighted by atomic mass is 10.0. The molecule has 2 aromatic carbocycles. The van der Waals surface area contributed by atoms with Crippen molar-refractivity contribution in [1.29, 1.82) is 0 Å². The summed E-state index contributed by atoms with van der Waals surface area (Å²) in [5, 5.41) is 0. The van der Waals surface area contributed by atoms with Gasteiger partial charge in [0.1, 0.15) is 6.04 Å². The number of hydrogen-bond acceptors (Lipinski definition) is 5. The molecule has 2 aromatic rings. The number of anilines is 1. The molecule has 0 bridgehead atoms. The van der Waals surface area contributed by atoms with E-state index in [0.717, 1.165) is 29.0 Å². The minimum atomic E-state index is -1.12. The summed E-state index contributed by atoms with van der Waals surface area (Å²) in [5.41, 5.74) is 2.43. The zero-order chi connectivity index (χ0) is 20.5. The third kappa shape index (κ3) is 3.29. The maximum Gasteiger partial charge on any atom is 0.329 e. The van der Waals surface area contributed by atoms with E-state index in [1.54, 1.807) is 29.2 Å². The standard InChI is InChI=1S/C22H20N2O5/c1-14(24-20(26)16-9-3-4-10-17(16)21(24)27)22(28)29-13-19(25)23-12-6-8-15-7-2-5-11-18(15)23/h2-5,7,9-11,14H,6,8,12-13H2,1H3/t14-/m0/s1. The molecule has 0 aromatic heterocycles. The summed E-state index contributed by atoms with van der Waals surface area (Å²) in [5.74, 6) is -2.20. The third-order valence-electron chi connectivity index (χ3n) is 5.30. The van der Waals surface area contributed by atoms with E-state index in [1.807, 2.05) is 24.3 Å². The second-order valence-electron chi connectivity index (χ2n) is 7.09. The second kappa shape index (κ2) is 7.50. The topological polar surface area (TPSA) is 84.0 Å². The van der Waals surface area contributed by atoms with Gasteiger partial charge in [0.2, 0.25) is 0 Å². The highest BCUT2D eigenvalue weighted by Crippen LogP contribution is 2.27. The highest BCUT2D eigenvalue weighted by atomic mass is 16.5. The SMILES string of the molecule is C[C@@H](C(=O)OCC(=O)N1CCCc2ccccc21)N1C(=O)c2ccccc2C1=O. The molecular weight excluding hydrogens is 372 g/mol. The van der Waals surface area contributed by atoms with Crippen LogP contribution in [-0.4, -0.2) is 47.8 Å². The fourth-order valence-electron chi connectivity index (χ4n) is 3.79. The second-order valence-corrected chi connectivity index (χ2v) is 7.09. The van der Waals surface area contributed by atoms with Crippen molar-refractivity contribution >= 4 is 29.4 Å². The van der Waals surface area contributed by atoms with Gasteiger partial charge in [0.25, 0.3) is 17.7 Å². The number of imide groups is 1. The van der Waals surface area contributed by atoms with Gasteiger partial charge in [-0.3, -0.25) is 19.3 Å². The highest BCUT2D eigenvalue weighted by Gasteiger charge is 2.41. The van der Waals surface area contributed by atoms with Crippen molar-refractivity contribution in [2.45, 2.75) is 25.8 Å². The average molecular weight is 392 g/mol. The Balaban J connectivity index is 1.41. The van der Waals surface area contributed by atoms with Crippen LogP contribution < -0.4 is 4.90 Å². The Labute approximate surface area is 167 Å². The molecule has 29 heavy (non-hydrogen) atoms. The molecule has 0 saturated carbocycles. The van der Waals surface area contributed by atoms with Crippen molar-refractivity contribution in [3.63, 3.8) is 0 Å². The van der Waals surface area contributed by atoms with Gasteiger partial charge in [0.05, 0.1) is 11.1 Å². The minimum absolute atomic E-state index is 0.262. The van der Waals surface area contributed by atoms with Crippen LogP contribution in [0.25, 0.3) is 0 Å². The van der Waals surface area contributed by atoms with Crippen LogP contribution in [0, 0.1) is 0 Å². The minimum Gasteiger partial charge on any atom is -0.454 e. The molecule has 7 nitrogen and oxygen atoms in total. The summed E-state index contributed by atoms with van der Waals surface area (Å²) in [6.45, 7) is 1.53. The van der Waals surface area contributed by atoms with Gasteiger partial charge in [-0.2, -0.15) is 0 Å². The molecule has 0 N–H and O–H groups in total. The summed E-state index contributed by atoms with van der Waals surface area (Å²) < 4.78 is 5.17. The number of aryl methyl sites for hydroxylation is 1. The Morgan fingerprint density at radius 3 is 2.31 bits per heavy atom. The van der Waals surface area contributed by atoms with E-state index in [4.69, 9.17) is 4.74 Å². The Bertz CT molecular complexity index is 981. The van der Waals surface area contributed by atoms with Crippen LogP contribution in [-0.2, 0) is 20.7 Å². The van der Waals surface area contributed by atoms with Gasteiger partial charge in [0.15, 0.2) is 6.61 Å². The van der Waals surface area contributed by atoms with Crippen LogP contribution in [0.1, 0.15) is 39.6 Å². The molecule has 0 radical (unpaired) electrons. The monoisotopic (exact) mass is 392 g/mol. The van der Waals surface area contributed by atoms with Gasteiger partial charge in [-0.1, -0.05) is 30.3 Å². The summed E-state index contributed by atoms with van der Waals surface area (Å²) in [7, 11) is 0. The first-order valence-corrected chi connectivity index (χ1v) is 9.51. The van der Waals surface area contributed by atoms with Gasteiger partial charge in [-0.15, -0.1) is 0 Å². The molecule has 148 valence electrons. The Kier molecular flexibility index (Phi) is 4.88. The maximum absolute atomic E-state index is 12.6. The fourth-order valence-corrected chi connectivity index (χ4v) is 3.79. The lowest BCUT2D eigenvalue weighted by Gasteiger charge is -2.29. The number of para-hydroxylation sites is 1. The van der Waals surface area contributed by atoms with E-state index in [0.29, 0.717) is 6.54 Å². The number of rotatable bonds is 4. The van der Waals surface area contributed by atoms with Gasteiger partial charge >= 0.3 is 5.97 Å². The van der Waals surface area contributed by atoms with Crippen LogP contribution in [0.15, 0.2) is 48.5 Å². The van der Waals surface area contributed by atoms with Gasteiger partial charge in [-0.05, 0) is 43.5 Å². The van der Waals surface area contributed by atoms with Crippen LogP contribution in [0.2, 0.25) is 0 Å². The van der Waals surface area contributed by atoms with E-state index in [1.165, 1.54) is 6.92 Å². The number of nitrogens with zero attached hydrogens (tertiary/aromatic N) is 2. The molecule has 0 saturated heterocycles. The van der Waals surface area contributed by atoms with Crippen molar-refractivity contribution < 1.29 is 23.9 Å². The smallest absolute Gasteiger partial charge is 0.329 e. The van der Waals surface area contributed by atoms with E-state index >= 15 is 0 Å². The molecular formula is C22H20N2O5. The first-order valence-electron chi connectivity index (χ1n) is 9.51. The lowest BCUT2D eigenvalue weighted by Crippen LogP contribution is -2.45. The molecule has 2 aliphatic heterocycles. The predicted molar refractivity (Wildman–Crippen MR) is 104 cm³/mol. The number of amides is 3. The maximum atomic E-state index is 12.6. The van der Waals surface area contributed by atoms with Crippen LogP contribution in [0.3, 0.4) is 0 Å². The van der Waals surface area contributed by atoms with Gasteiger partial charge < -0.3 is 9.64 Å². The first kappa shape index (κ1) is 18.9. The van der Waals surface area contributed by atoms with Crippen LogP contribution in [0.4, 0.5) is 5.69 Å².